The molecule has 0 saturated carbocycles. The first-order chi connectivity index (χ1) is 10.7. The van der Waals surface area contributed by atoms with Gasteiger partial charge in [-0.05, 0) is 37.3 Å². The average Bonchev–Trinajstić information content (AvgIpc) is 2.56. The summed E-state index contributed by atoms with van der Waals surface area (Å²) in [4.78, 5) is 0. The van der Waals surface area contributed by atoms with Crippen LogP contribution in [0.3, 0.4) is 0 Å². The Morgan fingerprint density at radius 2 is 1.27 bits per heavy atom. The molecule has 0 bridgehead atoms. The fraction of sp³-hybridized carbons (Fsp3) is 0.619. The Kier molecular flexibility index (Phi) is 9.73. The van der Waals surface area contributed by atoms with Crippen LogP contribution in [0.2, 0.25) is 0 Å². The quantitative estimate of drug-likeness (QED) is 0.371. The van der Waals surface area contributed by atoms with Crippen LogP contribution in [0.15, 0.2) is 36.1 Å². The second kappa shape index (κ2) is 11.0. The molecule has 1 aromatic rings. The van der Waals surface area contributed by atoms with Crippen LogP contribution in [-0.4, -0.2) is 18.5 Å². The number of unbranched alkanes of at least 4 members (excludes halogenated alkanes) is 3. The predicted molar refractivity (Wildman–Crippen MR) is 106 cm³/mol. The van der Waals surface area contributed by atoms with Gasteiger partial charge in [-0.15, -0.1) is 0 Å². The van der Waals surface area contributed by atoms with Crippen molar-refractivity contribution in [1.82, 2.24) is 0 Å². The van der Waals surface area contributed by atoms with Crippen LogP contribution < -0.4 is 0 Å². The predicted octanol–water partition coefficient (Wildman–Crippen LogP) is 7.47. The fourth-order valence-corrected chi connectivity index (χ4v) is 8.00. The molecule has 0 heterocycles. The second-order valence-corrected chi connectivity index (χ2v) is 10.7. The second-order valence-electron chi connectivity index (χ2n) is 6.63. The number of allylic oxidation sites excluding steroid dienone is 1. The highest BCUT2D eigenvalue weighted by molar-refractivity contribution is 7.79. The minimum Gasteiger partial charge on any atom is -0.0652 e. The first-order valence-electron chi connectivity index (χ1n) is 9.28. The molecular formula is C21H36P+. The summed E-state index contributed by atoms with van der Waals surface area (Å²) in [5, 5.41) is 0. The van der Waals surface area contributed by atoms with E-state index in [0.29, 0.717) is 0 Å². The Labute approximate surface area is 139 Å². The minimum absolute atomic E-state index is 0.929. The molecule has 1 rings (SSSR count). The summed E-state index contributed by atoms with van der Waals surface area (Å²) in [6.45, 7) is 9.33. The third-order valence-corrected chi connectivity index (χ3v) is 9.12. The Morgan fingerprint density at radius 3 is 1.68 bits per heavy atom. The molecule has 0 saturated heterocycles. The van der Waals surface area contributed by atoms with Crippen LogP contribution >= 0.6 is 7.26 Å². The van der Waals surface area contributed by atoms with Crippen LogP contribution in [0.5, 0.6) is 0 Å². The molecule has 124 valence electrons. The summed E-state index contributed by atoms with van der Waals surface area (Å²) in [6, 6.07) is 11.0. The van der Waals surface area contributed by atoms with E-state index < -0.39 is 7.26 Å². The van der Waals surface area contributed by atoms with Gasteiger partial charge in [0.15, 0.2) is 0 Å². The molecule has 0 aliphatic heterocycles. The molecule has 0 atom stereocenters. The van der Waals surface area contributed by atoms with E-state index in [1.807, 2.05) is 0 Å². The average molecular weight is 319 g/mol. The first-order valence-corrected chi connectivity index (χ1v) is 11.7. The molecule has 22 heavy (non-hydrogen) atoms. The van der Waals surface area contributed by atoms with E-state index in [1.165, 1.54) is 68.1 Å². The summed E-state index contributed by atoms with van der Waals surface area (Å²) in [6.07, 6.45) is 12.6. The van der Waals surface area contributed by atoms with Crippen molar-refractivity contribution in [3.63, 3.8) is 0 Å². The normalized spacial score (nSPS) is 12.6. The van der Waals surface area contributed by atoms with Crippen LogP contribution in [-0.2, 0) is 0 Å². The van der Waals surface area contributed by atoms with E-state index >= 15 is 0 Å². The Hall–Kier alpha value is -0.610. The topological polar surface area (TPSA) is 0 Å². The van der Waals surface area contributed by atoms with E-state index in [-0.39, 0.29) is 0 Å². The van der Waals surface area contributed by atoms with E-state index in [2.05, 4.69) is 63.8 Å². The standard InChI is InChI=1S/C21H36P/c1-5-8-16-22(17-9-6-2,18-10-7-3)19-20(4)21-14-12-11-13-15-21/h11-15,19H,5-10,16-18H2,1-4H3/q+1/b20-19+. The lowest BCUT2D eigenvalue weighted by Crippen LogP contribution is -2.07. The SMILES string of the molecule is CCCC[P+](/C=C(\C)c1ccccc1)(CCCC)CCCC. The zero-order chi connectivity index (χ0) is 16.3. The van der Waals surface area contributed by atoms with Gasteiger partial charge < -0.3 is 0 Å². The third-order valence-electron chi connectivity index (χ3n) is 4.57. The van der Waals surface area contributed by atoms with Gasteiger partial charge >= 0.3 is 0 Å². The highest BCUT2D eigenvalue weighted by Crippen LogP contribution is 2.63. The maximum Gasteiger partial charge on any atom is 0.0635 e. The molecule has 0 radical (unpaired) electrons. The van der Waals surface area contributed by atoms with Gasteiger partial charge in [0.25, 0.3) is 0 Å². The van der Waals surface area contributed by atoms with Gasteiger partial charge in [0, 0.05) is 7.26 Å². The van der Waals surface area contributed by atoms with Gasteiger partial charge in [0.05, 0.1) is 24.3 Å². The van der Waals surface area contributed by atoms with Gasteiger partial charge in [-0.1, -0.05) is 70.4 Å². The molecule has 1 heteroatoms. The molecule has 0 amide bonds. The smallest absolute Gasteiger partial charge is 0.0635 e. The van der Waals surface area contributed by atoms with E-state index in [1.54, 1.807) is 0 Å². The molecular weight excluding hydrogens is 283 g/mol. The van der Waals surface area contributed by atoms with Crippen molar-refractivity contribution >= 4 is 12.8 Å². The van der Waals surface area contributed by atoms with Gasteiger partial charge in [-0.3, -0.25) is 0 Å². The van der Waals surface area contributed by atoms with Crippen LogP contribution in [0.25, 0.3) is 5.57 Å². The number of hydrogen-bond acceptors (Lipinski definition) is 0. The van der Waals surface area contributed by atoms with E-state index in [0.717, 1.165) is 0 Å². The largest absolute Gasteiger partial charge is 0.0652 e. The summed E-state index contributed by atoms with van der Waals surface area (Å²) in [7, 11) is -0.929. The highest BCUT2D eigenvalue weighted by Gasteiger charge is 2.33. The molecule has 0 spiro atoms. The monoisotopic (exact) mass is 319 g/mol. The maximum absolute atomic E-state index is 2.74. The van der Waals surface area contributed by atoms with Crippen LogP contribution in [0.1, 0.15) is 71.8 Å². The third kappa shape index (κ3) is 6.66. The van der Waals surface area contributed by atoms with E-state index in [4.69, 9.17) is 0 Å². The molecule has 0 aliphatic rings. The molecule has 1 aromatic carbocycles. The van der Waals surface area contributed by atoms with Crippen LogP contribution in [0, 0.1) is 0 Å². The Bertz CT molecular complexity index is 397. The van der Waals surface area contributed by atoms with Gasteiger partial charge in [-0.2, -0.15) is 0 Å². The molecule has 0 nitrogen and oxygen atoms in total. The Balaban J connectivity index is 3.03. The number of rotatable bonds is 11. The number of benzene rings is 1. The zero-order valence-corrected chi connectivity index (χ0v) is 16.2. The summed E-state index contributed by atoms with van der Waals surface area (Å²) in [5.41, 5.74) is 2.92. The fourth-order valence-electron chi connectivity index (χ4n) is 3.13. The van der Waals surface area contributed by atoms with E-state index in [9.17, 15) is 0 Å². The molecule has 0 N–H and O–H groups in total. The highest BCUT2D eigenvalue weighted by atomic mass is 31.2. The molecule has 0 aliphatic carbocycles. The lowest BCUT2D eigenvalue weighted by atomic mass is 10.1. The lowest BCUT2D eigenvalue weighted by molar-refractivity contribution is 0.840. The Morgan fingerprint density at radius 1 is 0.818 bits per heavy atom. The van der Waals surface area contributed by atoms with Crippen molar-refractivity contribution < 1.29 is 0 Å². The van der Waals surface area contributed by atoms with Gasteiger partial charge in [0.1, 0.15) is 0 Å². The van der Waals surface area contributed by atoms with Crippen molar-refractivity contribution in [3.8, 4) is 0 Å². The maximum atomic E-state index is 2.74. The van der Waals surface area contributed by atoms with Crippen LogP contribution in [0.4, 0.5) is 0 Å². The molecule has 0 aromatic heterocycles. The summed E-state index contributed by atoms with van der Waals surface area (Å²) < 4.78 is 0. The molecule has 0 unspecified atom stereocenters. The van der Waals surface area contributed by atoms with Gasteiger partial charge in [0.2, 0.25) is 0 Å². The number of hydrogen-bond donors (Lipinski definition) is 0. The van der Waals surface area contributed by atoms with Crippen molar-refractivity contribution in [2.75, 3.05) is 18.5 Å². The van der Waals surface area contributed by atoms with Crippen molar-refractivity contribution in [2.24, 2.45) is 0 Å². The summed E-state index contributed by atoms with van der Waals surface area (Å²) >= 11 is 0. The molecule has 0 fully saturated rings. The van der Waals surface area contributed by atoms with Gasteiger partial charge in [-0.25, -0.2) is 0 Å². The van der Waals surface area contributed by atoms with Crippen molar-refractivity contribution in [1.29, 1.82) is 0 Å². The van der Waals surface area contributed by atoms with Crippen molar-refractivity contribution in [2.45, 2.75) is 66.2 Å². The summed E-state index contributed by atoms with van der Waals surface area (Å²) in [5.74, 6) is 2.74. The first kappa shape index (κ1) is 19.4. The van der Waals surface area contributed by atoms with Crippen molar-refractivity contribution in [3.05, 3.63) is 41.7 Å². The lowest BCUT2D eigenvalue weighted by Gasteiger charge is -2.25. The minimum atomic E-state index is -0.929. The zero-order valence-electron chi connectivity index (χ0n) is 15.3.